The number of anilines is 1. The number of nitrogens with one attached hydrogen (secondary N) is 1. The first-order chi connectivity index (χ1) is 12.3. The third-order valence-corrected chi connectivity index (χ3v) is 4.45. The molecule has 1 unspecified atom stereocenters. The Morgan fingerprint density at radius 3 is 2.73 bits per heavy atom. The van der Waals surface area contributed by atoms with Crippen molar-refractivity contribution in [1.82, 2.24) is 10.2 Å². The molecule has 4 rings (SSSR count). The van der Waals surface area contributed by atoms with E-state index in [0.29, 0.717) is 6.04 Å². The van der Waals surface area contributed by atoms with Crippen LogP contribution in [-0.2, 0) is 11.2 Å². The fourth-order valence-electron chi connectivity index (χ4n) is 3.18. The van der Waals surface area contributed by atoms with Gasteiger partial charge in [0.15, 0.2) is 0 Å². The van der Waals surface area contributed by atoms with Crippen LogP contribution < -0.4 is 15.0 Å². The van der Waals surface area contributed by atoms with E-state index in [0.717, 1.165) is 50.6 Å². The molecule has 1 aromatic carbocycles. The summed E-state index contributed by atoms with van der Waals surface area (Å²) in [6.45, 7) is 4.15. The highest BCUT2D eigenvalue weighted by Crippen LogP contribution is 2.32. The van der Waals surface area contributed by atoms with Gasteiger partial charge >= 0.3 is 18.2 Å². The number of carboxylic acids is 1. The van der Waals surface area contributed by atoms with Gasteiger partial charge in [-0.15, -0.1) is 0 Å². The quantitative estimate of drug-likeness (QED) is 0.779. The smallest absolute Gasteiger partial charge is 0.490 e. The molecule has 3 aliphatic rings. The molecule has 10 heteroatoms. The van der Waals surface area contributed by atoms with Gasteiger partial charge in [0.05, 0.1) is 12.6 Å². The van der Waals surface area contributed by atoms with E-state index in [1.807, 2.05) is 21.9 Å². The molecular formula is C16H18F3N3O4. The molecule has 2 amide bonds. The average Bonchev–Trinajstić information content (AvgIpc) is 3.19. The van der Waals surface area contributed by atoms with E-state index in [9.17, 15) is 18.0 Å². The minimum atomic E-state index is -5.08. The van der Waals surface area contributed by atoms with Crippen LogP contribution in [0.15, 0.2) is 18.2 Å². The molecule has 142 valence electrons. The molecule has 2 N–H and O–H groups in total. The summed E-state index contributed by atoms with van der Waals surface area (Å²) in [5, 5.41) is 10.5. The predicted molar refractivity (Wildman–Crippen MR) is 85.4 cm³/mol. The van der Waals surface area contributed by atoms with E-state index in [4.69, 9.17) is 14.6 Å². The van der Waals surface area contributed by atoms with Gasteiger partial charge in [-0.25, -0.2) is 9.59 Å². The van der Waals surface area contributed by atoms with Crippen molar-refractivity contribution in [1.29, 1.82) is 0 Å². The third-order valence-electron chi connectivity index (χ3n) is 4.45. The zero-order chi connectivity index (χ0) is 18.9. The van der Waals surface area contributed by atoms with Gasteiger partial charge in [-0.1, -0.05) is 0 Å². The Hall–Kier alpha value is -2.49. The van der Waals surface area contributed by atoms with Crippen molar-refractivity contribution in [2.45, 2.75) is 18.6 Å². The van der Waals surface area contributed by atoms with Crippen LogP contribution in [0.5, 0.6) is 5.75 Å². The van der Waals surface area contributed by atoms with Gasteiger partial charge in [0, 0.05) is 38.3 Å². The number of alkyl halides is 3. The molecule has 3 aliphatic heterocycles. The first-order valence-corrected chi connectivity index (χ1v) is 8.12. The maximum absolute atomic E-state index is 12.4. The molecule has 1 aromatic rings. The second-order valence-corrected chi connectivity index (χ2v) is 6.14. The van der Waals surface area contributed by atoms with Gasteiger partial charge < -0.3 is 20.1 Å². The number of rotatable bonds is 1. The van der Waals surface area contributed by atoms with Crippen molar-refractivity contribution in [2.75, 3.05) is 37.7 Å². The van der Waals surface area contributed by atoms with E-state index < -0.39 is 12.1 Å². The van der Waals surface area contributed by atoms with E-state index in [1.54, 1.807) is 0 Å². The molecule has 26 heavy (non-hydrogen) atoms. The largest absolute Gasteiger partial charge is 0.493 e. The highest BCUT2D eigenvalue weighted by atomic mass is 19.4. The van der Waals surface area contributed by atoms with Crippen molar-refractivity contribution >= 4 is 17.7 Å². The summed E-state index contributed by atoms with van der Waals surface area (Å²) in [4.78, 5) is 25.2. The number of amides is 2. The number of fused-ring (bicyclic) bond motifs is 2. The summed E-state index contributed by atoms with van der Waals surface area (Å²) in [5.41, 5.74) is 2.22. The van der Waals surface area contributed by atoms with Gasteiger partial charge in [-0.3, -0.25) is 4.90 Å². The van der Waals surface area contributed by atoms with Gasteiger partial charge in [0.2, 0.25) is 0 Å². The molecule has 1 atom stereocenters. The van der Waals surface area contributed by atoms with Crippen molar-refractivity contribution in [3.8, 4) is 5.75 Å². The lowest BCUT2D eigenvalue weighted by molar-refractivity contribution is -0.192. The first-order valence-electron chi connectivity index (χ1n) is 8.12. The summed E-state index contributed by atoms with van der Waals surface area (Å²) in [6.07, 6.45) is -4.14. The highest BCUT2D eigenvalue weighted by molar-refractivity contribution is 5.95. The second kappa shape index (κ2) is 7.02. The number of carbonyl (C=O) groups excluding carboxylic acids is 1. The zero-order valence-corrected chi connectivity index (χ0v) is 13.8. The Morgan fingerprint density at radius 2 is 2.08 bits per heavy atom. The monoisotopic (exact) mass is 373 g/mol. The number of aliphatic carboxylic acids is 1. The number of hydrogen-bond donors (Lipinski definition) is 2. The number of carbonyl (C=O) groups is 2. The summed E-state index contributed by atoms with van der Waals surface area (Å²) in [7, 11) is 0. The Morgan fingerprint density at radius 1 is 1.35 bits per heavy atom. The highest BCUT2D eigenvalue weighted by Gasteiger charge is 2.39. The number of halogens is 3. The lowest BCUT2D eigenvalue weighted by atomic mass is 10.1. The van der Waals surface area contributed by atoms with Gasteiger partial charge in [-0.2, -0.15) is 13.2 Å². The van der Waals surface area contributed by atoms with Crippen LogP contribution in [0.4, 0.5) is 23.7 Å². The molecule has 0 bridgehead atoms. The Kier molecular flexibility index (Phi) is 4.94. The third kappa shape index (κ3) is 3.69. The van der Waals surface area contributed by atoms with Crippen LogP contribution in [0, 0.1) is 0 Å². The molecule has 0 aromatic heterocycles. The molecule has 0 spiro atoms. The molecule has 0 aliphatic carbocycles. The van der Waals surface area contributed by atoms with Crippen LogP contribution in [0.3, 0.4) is 0 Å². The predicted octanol–water partition coefficient (Wildman–Crippen LogP) is 1.47. The fourth-order valence-corrected chi connectivity index (χ4v) is 3.18. The van der Waals surface area contributed by atoms with Crippen LogP contribution >= 0.6 is 0 Å². The van der Waals surface area contributed by atoms with Gasteiger partial charge in [0.25, 0.3) is 0 Å². The van der Waals surface area contributed by atoms with Gasteiger partial charge in [-0.05, 0) is 23.8 Å². The zero-order valence-electron chi connectivity index (χ0n) is 13.8. The van der Waals surface area contributed by atoms with Crippen molar-refractivity contribution in [3.05, 3.63) is 23.8 Å². The number of piperazine rings is 1. The number of ether oxygens (including phenoxy) is 1. The molecule has 7 nitrogen and oxygen atoms in total. The first kappa shape index (κ1) is 18.3. The van der Waals surface area contributed by atoms with E-state index in [1.165, 1.54) is 5.56 Å². The van der Waals surface area contributed by atoms with Crippen LogP contribution in [0.1, 0.15) is 5.56 Å². The SMILES string of the molecule is O=C(O)C(F)(F)F.O=C1N(c2ccc3c(c2)CCO3)CC2CNCCN12. The molecule has 2 fully saturated rings. The van der Waals surface area contributed by atoms with Crippen molar-refractivity contribution < 1.29 is 32.6 Å². The average molecular weight is 373 g/mol. The fraction of sp³-hybridized carbons (Fsp3) is 0.500. The summed E-state index contributed by atoms with van der Waals surface area (Å²) in [5.74, 6) is -1.79. The minimum absolute atomic E-state index is 0.144. The summed E-state index contributed by atoms with van der Waals surface area (Å²) < 4.78 is 37.2. The number of carboxylic acid groups (broad SMARTS) is 1. The number of hydrogen-bond acceptors (Lipinski definition) is 4. The topological polar surface area (TPSA) is 82.1 Å². The summed E-state index contributed by atoms with van der Waals surface area (Å²) in [6, 6.07) is 6.54. The maximum atomic E-state index is 12.4. The van der Waals surface area contributed by atoms with E-state index in [2.05, 4.69) is 11.4 Å². The van der Waals surface area contributed by atoms with Gasteiger partial charge in [0.1, 0.15) is 5.75 Å². The second-order valence-electron chi connectivity index (χ2n) is 6.14. The number of nitrogens with zero attached hydrogens (tertiary/aromatic N) is 2. The Bertz CT molecular complexity index is 710. The molecular weight excluding hydrogens is 355 g/mol. The lowest BCUT2D eigenvalue weighted by Crippen LogP contribution is -2.49. The van der Waals surface area contributed by atoms with Crippen LogP contribution in [0.2, 0.25) is 0 Å². The van der Waals surface area contributed by atoms with Crippen molar-refractivity contribution in [2.24, 2.45) is 0 Å². The maximum Gasteiger partial charge on any atom is 0.490 e. The van der Waals surface area contributed by atoms with E-state index in [-0.39, 0.29) is 6.03 Å². The Balaban J connectivity index is 0.000000242. The Labute approximate surface area is 147 Å². The lowest BCUT2D eigenvalue weighted by Gasteiger charge is -2.28. The molecule has 0 saturated carbocycles. The molecule has 2 saturated heterocycles. The van der Waals surface area contributed by atoms with E-state index >= 15 is 0 Å². The summed E-state index contributed by atoms with van der Waals surface area (Å²) >= 11 is 0. The van der Waals surface area contributed by atoms with Crippen LogP contribution in [-0.4, -0.2) is 67.0 Å². The number of urea groups is 1. The normalized spacial score (nSPS) is 21.5. The number of benzene rings is 1. The molecule has 3 heterocycles. The van der Waals surface area contributed by atoms with Crippen molar-refractivity contribution in [3.63, 3.8) is 0 Å². The van der Waals surface area contributed by atoms with Crippen LogP contribution in [0.25, 0.3) is 0 Å². The standard InChI is InChI=1S/C14H17N3O2.C2HF3O2/c18-14-16-5-4-15-8-12(16)9-17(14)11-1-2-13-10(7-11)3-6-19-13;3-2(4,5)1(6)7/h1-2,7,12,15H,3-6,8-9H2;(H,6,7). The molecule has 0 radical (unpaired) electrons. The minimum Gasteiger partial charge on any atom is -0.493 e.